The van der Waals surface area contributed by atoms with Gasteiger partial charge in [0.2, 0.25) is 9.84 Å². The molecule has 1 aliphatic heterocycles. The van der Waals surface area contributed by atoms with Gasteiger partial charge in [-0.1, -0.05) is 42.8 Å². The Labute approximate surface area is 189 Å². The molecule has 1 aliphatic rings. The van der Waals surface area contributed by atoms with Crippen molar-refractivity contribution in [1.82, 2.24) is 4.90 Å². The molecule has 1 saturated heterocycles. The van der Waals surface area contributed by atoms with Crippen molar-refractivity contribution in [2.75, 3.05) is 32.0 Å². The minimum Gasteiger partial charge on any atom is -0.494 e. The van der Waals surface area contributed by atoms with Crippen LogP contribution in [-0.4, -0.2) is 44.6 Å². The molecule has 7 heteroatoms. The van der Waals surface area contributed by atoms with Crippen LogP contribution in [0.15, 0.2) is 65.6 Å². The summed E-state index contributed by atoms with van der Waals surface area (Å²) >= 11 is 0. The average Bonchev–Trinajstić information content (AvgIpc) is 2.82. The molecule has 0 aliphatic carbocycles. The number of nitrogens with zero attached hydrogens (tertiary/aromatic N) is 1. The lowest BCUT2D eigenvalue weighted by Crippen LogP contribution is -2.31. The fraction of sp³-hybridized carbons (Fsp3) is 0.320. The summed E-state index contributed by atoms with van der Waals surface area (Å²) in [6, 6.07) is 17.2. The van der Waals surface area contributed by atoms with E-state index in [0.717, 1.165) is 31.4 Å². The number of nitrogens with one attached hydrogen (secondary N) is 1. The monoisotopic (exact) mass is 451 g/mol. The third-order valence-corrected chi connectivity index (χ3v) is 7.61. The molecule has 0 radical (unpaired) electrons. The SMILES string of the molecule is N=C(c1cc(OCCCN2CCCCC2)ccc1N)S(=O)(=O)c1cccc2ccccc12. The van der Waals surface area contributed by atoms with Gasteiger partial charge in [-0.05, 0) is 62.0 Å². The number of hydrogen-bond acceptors (Lipinski definition) is 6. The molecule has 0 saturated carbocycles. The number of benzene rings is 3. The Morgan fingerprint density at radius 3 is 2.56 bits per heavy atom. The maximum Gasteiger partial charge on any atom is 0.224 e. The van der Waals surface area contributed by atoms with E-state index in [2.05, 4.69) is 4.90 Å². The van der Waals surface area contributed by atoms with Gasteiger partial charge in [-0.2, -0.15) is 0 Å². The van der Waals surface area contributed by atoms with Crippen LogP contribution in [0.2, 0.25) is 0 Å². The molecular formula is C25H29N3O3S. The number of rotatable bonds is 7. The smallest absolute Gasteiger partial charge is 0.224 e. The molecule has 0 atom stereocenters. The van der Waals surface area contributed by atoms with Crippen LogP contribution in [0.25, 0.3) is 10.8 Å². The molecule has 0 aromatic heterocycles. The van der Waals surface area contributed by atoms with E-state index in [-0.39, 0.29) is 16.1 Å². The number of ether oxygens (including phenoxy) is 1. The maximum absolute atomic E-state index is 13.3. The van der Waals surface area contributed by atoms with Crippen LogP contribution in [-0.2, 0) is 9.84 Å². The minimum atomic E-state index is -4.06. The zero-order chi connectivity index (χ0) is 22.6. The highest BCUT2D eigenvalue weighted by molar-refractivity contribution is 8.07. The third-order valence-electron chi connectivity index (χ3n) is 5.91. The van der Waals surface area contributed by atoms with Crippen LogP contribution in [0, 0.1) is 5.41 Å². The van der Waals surface area contributed by atoms with Crippen molar-refractivity contribution < 1.29 is 13.2 Å². The van der Waals surface area contributed by atoms with Crippen molar-refractivity contribution in [2.24, 2.45) is 0 Å². The summed E-state index contributed by atoms with van der Waals surface area (Å²) in [6.45, 7) is 3.82. The molecule has 6 nitrogen and oxygen atoms in total. The lowest BCUT2D eigenvalue weighted by Gasteiger charge is -2.26. The van der Waals surface area contributed by atoms with E-state index in [9.17, 15) is 8.42 Å². The minimum absolute atomic E-state index is 0.104. The van der Waals surface area contributed by atoms with Crippen molar-refractivity contribution in [3.8, 4) is 5.75 Å². The van der Waals surface area contributed by atoms with E-state index < -0.39 is 14.9 Å². The molecule has 168 valence electrons. The van der Waals surface area contributed by atoms with Gasteiger partial charge in [-0.15, -0.1) is 0 Å². The Hall–Kier alpha value is -2.90. The molecule has 1 fully saturated rings. The first-order valence-corrected chi connectivity index (χ1v) is 12.5. The third kappa shape index (κ3) is 4.79. The van der Waals surface area contributed by atoms with Gasteiger partial charge in [0, 0.05) is 23.2 Å². The predicted octanol–water partition coefficient (Wildman–Crippen LogP) is 4.48. The number of likely N-dealkylation sites (tertiary alicyclic amines) is 1. The van der Waals surface area contributed by atoms with Crippen LogP contribution in [0.3, 0.4) is 0 Å². The molecule has 1 heterocycles. The number of anilines is 1. The second-order valence-electron chi connectivity index (χ2n) is 8.16. The number of nitrogen functional groups attached to an aromatic ring is 1. The molecule has 3 aromatic carbocycles. The Balaban J connectivity index is 1.50. The van der Waals surface area contributed by atoms with E-state index in [1.807, 2.05) is 18.2 Å². The van der Waals surface area contributed by atoms with E-state index in [4.69, 9.17) is 15.9 Å². The van der Waals surface area contributed by atoms with Gasteiger partial charge < -0.3 is 15.4 Å². The predicted molar refractivity (Wildman–Crippen MR) is 129 cm³/mol. The van der Waals surface area contributed by atoms with Gasteiger partial charge in [0.05, 0.1) is 11.5 Å². The summed E-state index contributed by atoms with van der Waals surface area (Å²) in [7, 11) is -4.06. The van der Waals surface area contributed by atoms with Crippen LogP contribution < -0.4 is 10.5 Å². The Bertz CT molecular complexity index is 1210. The Morgan fingerprint density at radius 2 is 1.75 bits per heavy atom. The number of piperidine rings is 1. The second kappa shape index (κ2) is 9.71. The zero-order valence-electron chi connectivity index (χ0n) is 18.1. The fourth-order valence-electron chi connectivity index (χ4n) is 4.17. The molecular weight excluding hydrogens is 422 g/mol. The first-order valence-electron chi connectivity index (χ1n) is 11.0. The van der Waals surface area contributed by atoms with E-state index in [1.165, 1.54) is 25.3 Å². The number of nitrogens with two attached hydrogens (primary N) is 1. The molecule has 0 amide bonds. The van der Waals surface area contributed by atoms with Crippen LogP contribution in [0.1, 0.15) is 31.2 Å². The summed E-state index contributed by atoms with van der Waals surface area (Å²) in [5, 5.41) is 9.37. The second-order valence-corrected chi connectivity index (χ2v) is 10.0. The number of hydrogen-bond donors (Lipinski definition) is 2. The molecule has 3 aromatic rings. The topological polar surface area (TPSA) is 96.5 Å². The average molecular weight is 452 g/mol. The summed E-state index contributed by atoms with van der Waals surface area (Å²) in [5.74, 6) is 0.519. The Morgan fingerprint density at radius 1 is 1.00 bits per heavy atom. The Kier molecular flexibility index (Phi) is 6.77. The summed E-state index contributed by atoms with van der Waals surface area (Å²) < 4.78 is 32.5. The van der Waals surface area contributed by atoms with E-state index >= 15 is 0 Å². The summed E-state index contributed by atoms with van der Waals surface area (Å²) in [6.07, 6.45) is 4.73. The molecule has 4 rings (SSSR count). The lowest BCUT2D eigenvalue weighted by molar-refractivity contribution is 0.205. The molecule has 32 heavy (non-hydrogen) atoms. The van der Waals surface area contributed by atoms with Crippen LogP contribution in [0.5, 0.6) is 5.75 Å². The zero-order valence-corrected chi connectivity index (χ0v) is 18.9. The van der Waals surface area contributed by atoms with Gasteiger partial charge in [0.25, 0.3) is 0 Å². The van der Waals surface area contributed by atoms with Gasteiger partial charge >= 0.3 is 0 Å². The summed E-state index contributed by atoms with van der Waals surface area (Å²) in [4.78, 5) is 2.56. The van der Waals surface area contributed by atoms with Gasteiger partial charge in [-0.3, -0.25) is 5.41 Å². The number of fused-ring (bicyclic) bond motifs is 1. The standard InChI is InChI=1S/C25H29N3O3S/c26-23-13-12-20(31-17-7-16-28-14-4-1-5-15-28)18-22(23)25(27)32(29,30)24-11-6-9-19-8-2-3-10-21(19)24/h2-3,6,8-13,18,27H,1,4-5,7,14-17,26H2. The van der Waals surface area contributed by atoms with E-state index in [0.29, 0.717) is 17.7 Å². The highest BCUT2D eigenvalue weighted by Gasteiger charge is 2.26. The van der Waals surface area contributed by atoms with Crippen molar-refractivity contribution >= 4 is 31.3 Å². The highest BCUT2D eigenvalue weighted by Crippen LogP contribution is 2.29. The first kappa shape index (κ1) is 22.3. The van der Waals surface area contributed by atoms with Crippen molar-refractivity contribution in [3.05, 3.63) is 66.2 Å². The molecule has 3 N–H and O–H groups in total. The lowest BCUT2D eigenvalue weighted by atomic mass is 10.1. The maximum atomic E-state index is 13.3. The van der Waals surface area contributed by atoms with Gasteiger partial charge in [-0.25, -0.2) is 8.42 Å². The summed E-state index contributed by atoms with van der Waals surface area (Å²) in [5.41, 5.74) is 6.46. The van der Waals surface area contributed by atoms with Crippen molar-refractivity contribution in [1.29, 1.82) is 5.41 Å². The van der Waals surface area contributed by atoms with Gasteiger partial charge in [0.15, 0.2) is 5.04 Å². The quantitative estimate of drug-likeness (QED) is 0.239. The number of sulfone groups is 1. The molecule has 0 unspecified atom stereocenters. The van der Waals surface area contributed by atoms with E-state index in [1.54, 1.807) is 36.4 Å². The van der Waals surface area contributed by atoms with Crippen molar-refractivity contribution in [2.45, 2.75) is 30.6 Å². The normalized spacial score (nSPS) is 15.0. The van der Waals surface area contributed by atoms with Crippen LogP contribution in [0.4, 0.5) is 5.69 Å². The molecule has 0 spiro atoms. The van der Waals surface area contributed by atoms with Crippen molar-refractivity contribution in [3.63, 3.8) is 0 Å². The largest absolute Gasteiger partial charge is 0.494 e. The highest BCUT2D eigenvalue weighted by atomic mass is 32.2. The molecule has 0 bridgehead atoms. The van der Waals surface area contributed by atoms with Crippen LogP contribution >= 0.6 is 0 Å². The van der Waals surface area contributed by atoms with Gasteiger partial charge in [0.1, 0.15) is 5.75 Å². The fourth-order valence-corrected chi connectivity index (χ4v) is 5.59. The first-order chi connectivity index (χ1) is 15.5.